The van der Waals surface area contributed by atoms with E-state index in [0.29, 0.717) is 0 Å². The Hall–Kier alpha value is -1.30. The van der Waals surface area contributed by atoms with Gasteiger partial charge >= 0.3 is 11.9 Å². The lowest BCUT2D eigenvalue weighted by Gasteiger charge is -2.16. The highest BCUT2D eigenvalue weighted by Gasteiger charge is 2.44. The molecule has 0 aliphatic carbocycles. The molecule has 3 nitrogen and oxygen atoms in total. The molecule has 0 bridgehead atoms. The van der Waals surface area contributed by atoms with Gasteiger partial charge in [0.25, 0.3) is 0 Å². The first-order chi connectivity index (χ1) is 8.30. The third-order valence-electron chi connectivity index (χ3n) is 2.25. The third kappa shape index (κ3) is 2.93. The zero-order valence-corrected chi connectivity index (χ0v) is 11.4. The molecule has 0 aliphatic heterocycles. The van der Waals surface area contributed by atoms with Crippen LogP contribution in [0.3, 0.4) is 0 Å². The van der Waals surface area contributed by atoms with Gasteiger partial charge in [0.2, 0.25) is 0 Å². The second-order valence-corrected chi connectivity index (χ2v) is 4.40. The van der Waals surface area contributed by atoms with E-state index in [0.717, 1.165) is 6.07 Å². The monoisotopic (exact) mass is 320 g/mol. The first-order valence-corrected chi connectivity index (χ1v) is 5.96. The molecular formula is C12H11BrF2O3. The van der Waals surface area contributed by atoms with Crippen LogP contribution in [0.1, 0.15) is 29.8 Å². The molecule has 18 heavy (non-hydrogen) atoms. The fourth-order valence-corrected chi connectivity index (χ4v) is 1.95. The van der Waals surface area contributed by atoms with E-state index in [1.807, 2.05) is 0 Å². The number of Topliss-reactive ketones (excluding diaryl/α,β-unsaturated/α-hetero) is 1. The fourth-order valence-electron chi connectivity index (χ4n) is 1.32. The minimum atomic E-state index is -3.75. The summed E-state index contributed by atoms with van der Waals surface area (Å²) in [6.07, 6.45) is 0. The molecule has 98 valence electrons. The number of hydrogen-bond donors (Lipinski definition) is 0. The number of ether oxygens (including phenoxy) is 1. The van der Waals surface area contributed by atoms with Crippen molar-refractivity contribution in [2.45, 2.75) is 19.8 Å². The molecule has 1 aromatic carbocycles. The maximum Gasteiger partial charge on any atom is 0.382 e. The zero-order chi connectivity index (χ0) is 13.9. The van der Waals surface area contributed by atoms with Crippen LogP contribution in [0.25, 0.3) is 0 Å². The van der Waals surface area contributed by atoms with Crippen LogP contribution < -0.4 is 0 Å². The minimum Gasteiger partial charge on any atom is -0.461 e. The van der Waals surface area contributed by atoms with Crippen LogP contribution in [0.2, 0.25) is 0 Å². The van der Waals surface area contributed by atoms with Gasteiger partial charge in [0.1, 0.15) is 0 Å². The summed E-state index contributed by atoms with van der Waals surface area (Å²) >= 11 is 2.93. The lowest BCUT2D eigenvalue weighted by Crippen LogP contribution is -2.28. The van der Waals surface area contributed by atoms with Gasteiger partial charge in [-0.1, -0.05) is 28.1 Å². The molecular weight excluding hydrogens is 310 g/mol. The smallest absolute Gasteiger partial charge is 0.382 e. The largest absolute Gasteiger partial charge is 0.461 e. The summed E-state index contributed by atoms with van der Waals surface area (Å²) < 4.78 is 31.8. The number of rotatable bonds is 4. The van der Waals surface area contributed by atoms with E-state index >= 15 is 0 Å². The number of ketones is 1. The highest BCUT2D eigenvalue weighted by Crippen LogP contribution is 2.35. The van der Waals surface area contributed by atoms with Crippen molar-refractivity contribution in [3.05, 3.63) is 33.8 Å². The van der Waals surface area contributed by atoms with Crippen LogP contribution in [0, 0.1) is 0 Å². The molecule has 0 spiro atoms. The van der Waals surface area contributed by atoms with E-state index in [-0.39, 0.29) is 22.4 Å². The Bertz CT molecular complexity index is 486. The summed E-state index contributed by atoms with van der Waals surface area (Å²) in [4.78, 5) is 22.3. The summed E-state index contributed by atoms with van der Waals surface area (Å²) in [5.41, 5.74) is -0.240. The zero-order valence-electron chi connectivity index (χ0n) is 9.80. The third-order valence-corrected chi connectivity index (χ3v) is 2.90. The summed E-state index contributed by atoms with van der Waals surface area (Å²) in [7, 11) is 0. The standard InChI is InChI=1S/C12H11BrF2O3/c1-3-18-11(17)12(14,15)9-5-4-8(7(2)16)6-10(9)13/h4-6H,3H2,1-2H3. The van der Waals surface area contributed by atoms with Crippen LogP contribution in [-0.4, -0.2) is 18.4 Å². The summed E-state index contributed by atoms with van der Waals surface area (Å²) in [6.45, 7) is 2.64. The van der Waals surface area contributed by atoms with Gasteiger partial charge in [0.15, 0.2) is 5.78 Å². The van der Waals surface area contributed by atoms with Gasteiger partial charge in [-0.15, -0.1) is 0 Å². The molecule has 0 aromatic heterocycles. The Morgan fingerprint density at radius 3 is 2.44 bits per heavy atom. The summed E-state index contributed by atoms with van der Waals surface area (Å²) in [6, 6.07) is 3.54. The van der Waals surface area contributed by atoms with E-state index in [4.69, 9.17) is 0 Å². The first-order valence-electron chi connectivity index (χ1n) is 5.16. The minimum absolute atomic E-state index is 0.00625. The average Bonchev–Trinajstić information content (AvgIpc) is 2.28. The Labute approximate surface area is 111 Å². The topological polar surface area (TPSA) is 43.4 Å². The Morgan fingerprint density at radius 1 is 1.39 bits per heavy atom. The number of esters is 1. The van der Waals surface area contributed by atoms with Gasteiger partial charge in [0.05, 0.1) is 6.61 Å². The molecule has 0 saturated carbocycles. The van der Waals surface area contributed by atoms with Gasteiger partial charge in [-0.25, -0.2) is 4.79 Å². The van der Waals surface area contributed by atoms with Crippen molar-refractivity contribution in [1.82, 2.24) is 0 Å². The van der Waals surface area contributed by atoms with Gasteiger partial charge in [-0.05, 0) is 19.9 Å². The highest BCUT2D eigenvalue weighted by atomic mass is 79.9. The van der Waals surface area contributed by atoms with Gasteiger partial charge in [-0.2, -0.15) is 8.78 Å². The fraction of sp³-hybridized carbons (Fsp3) is 0.333. The highest BCUT2D eigenvalue weighted by molar-refractivity contribution is 9.10. The molecule has 0 fully saturated rings. The molecule has 0 amide bonds. The molecule has 6 heteroatoms. The summed E-state index contributed by atoms with van der Waals surface area (Å²) in [5, 5.41) is 0. The maximum atomic E-state index is 13.7. The maximum absolute atomic E-state index is 13.7. The van der Waals surface area contributed by atoms with Crippen LogP contribution in [0.15, 0.2) is 22.7 Å². The van der Waals surface area contributed by atoms with E-state index in [1.165, 1.54) is 26.0 Å². The van der Waals surface area contributed by atoms with Gasteiger partial charge < -0.3 is 4.74 Å². The van der Waals surface area contributed by atoms with Gasteiger partial charge in [0, 0.05) is 15.6 Å². The number of alkyl halides is 2. The summed E-state index contributed by atoms with van der Waals surface area (Å²) in [5.74, 6) is -5.60. The van der Waals surface area contributed by atoms with E-state index in [9.17, 15) is 18.4 Å². The molecule has 0 heterocycles. The molecule has 1 aromatic rings. The molecule has 0 unspecified atom stereocenters. The van der Waals surface area contributed by atoms with E-state index in [1.54, 1.807) is 0 Å². The second-order valence-electron chi connectivity index (χ2n) is 3.55. The van der Waals surface area contributed by atoms with Crippen LogP contribution >= 0.6 is 15.9 Å². The number of benzene rings is 1. The van der Waals surface area contributed by atoms with Crippen molar-refractivity contribution >= 4 is 27.7 Å². The number of hydrogen-bond acceptors (Lipinski definition) is 3. The lowest BCUT2D eigenvalue weighted by atomic mass is 10.0. The van der Waals surface area contributed by atoms with Crippen molar-refractivity contribution in [2.24, 2.45) is 0 Å². The molecule has 0 radical (unpaired) electrons. The Kier molecular flexibility index (Phi) is 4.56. The average molecular weight is 321 g/mol. The Morgan fingerprint density at radius 2 is 2.00 bits per heavy atom. The molecule has 1 rings (SSSR count). The molecule has 0 N–H and O–H groups in total. The number of carbonyl (C=O) groups excluding carboxylic acids is 2. The van der Waals surface area contributed by atoms with Crippen LogP contribution in [0.5, 0.6) is 0 Å². The van der Waals surface area contributed by atoms with Crippen molar-refractivity contribution in [3.63, 3.8) is 0 Å². The van der Waals surface area contributed by atoms with Crippen molar-refractivity contribution < 1.29 is 23.1 Å². The number of carbonyl (C=O) groups is 2. The normalized spacial score (nSPS) is 11.2. The van der Waals surface area contributed by atoms with Crippen molar-refractivity contribution in [2.75, 3.05) is 6.61 Å². The SMILES string of the molecule is CCOC(=O)C(F)(F)c1ccc(C(C)=O)cc1Br. The Balaban J connectivity index is 3.17. The number of halogens is 3. The van der Waals surface area contributed by atoms with Crippen molar-refractivity contribution in [3.8, 4) is 0 Å². The lowest BCUT2D eigenvalue weighted by molar-refractivity contribution is -0.173. The predicted octanol–water partition coefficient (Wildman–Crippen LogP) is 3.31. The van der Waals surface area contributed by atoms with Crippen LogP contribution in [0.4, 0.5) is 8.78 Å². The van der Waals surface area contributed by atoms with Crippen molar-refractivity contribution in [1.29, 1.82) is 0 Å². The van der Waals surface area contributed by atoms with Gasteiger partial charge in [-0.3, -0.25) is 4.79 Å². The van der Waals surface area contributed by atoms with Crippen LogP contribution in [-0.2, 0) is 15.5 Å². The van der Waals surface area contributed by atoms with E-state index < -0.39 is 17.5 Å². The molecule has 0 aliphatic rings. The van der Waals surface area contributed by atoms with E-state index in [2.05, 4.69) is 20.7 Å². The predicted molar refractivity (Wildman–Crippen MR) is 64.7 cm³/mol. The molecule has 0 atom stereocenters. The quantitative estimate of drug-likeness (QED) is 0.631. The second kappa shape index (κ2) is 5.56. The molecule has 0 saturated heterocycles. The first kappa shape index (κ1) is 14.8.